The fraction of sp³-hybridized carbons (Fsp3) is 0.396. The van der Waals surface area contributed by atoms with E-state index in [1.54, 1.807) is 13.0 Å². The number of benzene rings is 3. The Balaban J connectivity index is 0.00000386. The lowest BCUT2D eigenvalue weighted by Crippen LogP contribution is -2.51. The van der Waals surface area contributed by atoms with Crippen LogP contribution in [-0.2, 0) is 63.1 Å². The molecule has 3 aromatic carbocycles. The molecule has 0 spiro atoms. The number of fused-ring (bicyclic) bond motifs is 1. The Morgan fingerprint density at radius 1 is 0.577 bits per heavy atom. The SMILES string of the molecule is CCP=S.Cc1ccc(C(=O)NC(CCC(=O)O)C(=O)C[C@@H](CCC(=O)O)C(=O)NCc2ccc(C(=O)NC(Cc3ccc4ccccc4c3)C(=O)NCCCCC(NC(=O)N[C@@H](CCC(=O)O)C(=O)O)C(=O)O)cc2)cn1. The van der Waals surface area contributed by atoms with Gasteiger partial charge in [-0.3, -0.25) is 43.3 Å². The third-order valence-corrected chi connectivity index (χ3v) is 12.8. The maximum atomic E-state index is 13.7. The van der Waals surface area contributed by atoms with Crippen LogP contribution < -0.4 is 31.9 Å². The van der Waals surface area contributed by atoms with Gasteiger partial charge in [0.15, 0.2) is 5.78 Å². The van der Waals surface area contributed by atoms with Crippen molar-refractivity contribution in [3.8, 4) is 0 Å². The molecule has 11 N–H and O–H groups in total. The normalized spacial score (nSPS) is 12.6. The van der Waals surface area contributed by atoms with Crippen molar-refractivity contribution in [2.45, 2.75) is 115 Å². The highest BCUT2D eigenvalue weighted by molar-refractivity contribution is 7.96. The highest BCUT2D eigenvalue weighted by Crippen LogP contribution is 2.19. The summed E-state index contributed by atoms with van der Waals surface area (Å²) in [6, 6.07) is 15.6. The van der Waals surface area contributed by atoms with E-state index in [0.717, 1.165) is 29.9 Å². The summed E-state index contributed by atoms with van der Waals surface area (Å²) in [7, 11) is 1.08. The zero-order valence-electron chi connectivity index (χ0n) is 42.9. The van der Waals surface area contributed by atoms with Crippen LogP contribution in [0.3, 0.4) is 0 Å². The Kier molecular flexibility index (Phi) is 27.7. The highest BCUT2D eigenvalue weighted by Gasteiger charge is 2.30. The zero-order chi connectivity index (χ0) is 57.7. The van der Waals surface area contributed by atoms with Gasteiger partial charge in [-0.15, -0.1) is 0 Å². The first-order valence-electron chi connectivity index (χ1n) is 24.8. The number of ketones is 1. The predicted molar refractivity (Wildman–Crippen MR) is 287 cm³/mol. The molecule has 0 fully saturated rings. The molecule has 5 atom stereocenters. The molecular weight excluding hydrogens is 1050 g/mol. The number of aliphatic carboxylic acids is 5. The lowest BCUT2D eigenvalue weighted by Gasteiger charge is -2.21. The average molecular weight is 1120 g/mol. The maximum Gasteiger partial charge on any atom is 0.326 e. The third-order valence-electron chi connectivity index (χ3n) is 11.8. The van der Waals surface area contributed by atoms with Gasteiger partial charge in [-0.05, 0) is 105 Å². The van der Waals surface area contributed by atoms with Crippen LogP contribution in [0.4, 0.5) is 4.79 Å². The van der Waals surface area contributed by atoms with Crippen LogP contribution in [0.1, 0.15) is 109 Å². The van der Waals surface area contributed by atoms with E-state index in [1.165, 1.54) is 36.5 Å². The number of Topliss-reactive ketones (excluding diaryl/α,β-unsaturated/α-hetero) is 1. The number of carbonyl (C=O) groups is 11. The molecule has 3 unspecified atom stereocenters. The molecule has 23 nitrogen and oxygen atoms in total. The van der Waals surface area contributed by atoms with Crippen LogP contribution in [-0.4, -0.2) is 133 Å². The van der Waals surface area contributed by atoms with Gasteiger partial charge in [-0.25, -0.2) is 14.4 Å². The van der Waals surface area contributed by atoms with Crippen LogP contribution >= 0.6 is 7.36 Å². The van der Waals surface area contributed by atoms with Crippen LogP contribution in [0.2, 0.25) is 0 Å². The molecule has 0 aliphatic heterocycles. The molecule has 0 aliphatic rings. The first-order chi connectivity index (χ1) is 37.1. The summed E-state index contributed by atoms with van der Waals surface area (Å²) in [4.78, 5) is 141. The Morgan fingerprint density at radius 3 is 1.69 bits per heavy atom. The van der Waals surface area contributed by atoms with E-state index in [0.29, 0.717) is 11.3 Å². The van der Waals surface area contributed by atoms with Crippen LogP contribution in [0.15, 0.2) is 85.1 Å². The summed E-state index contributed by atoms with van der Waals surface area (Å²) in [6.07, 6.45) is -0.210. The van der Waals surface area contributed by atoms with Gasteiger partial charge in [0.05, 0.1) is 11.6 Å². The van der Waals surface area contributed by atoms with Gasteiger partial charge in [0, 0.05) is 68.6 Å². The number of hydrogen-bond acceptors (Lipinski definition) is 13. The second-order valence-corrected chi connectivity index (χ2v) is 19.5. The minimum Gasteiger partial charge on any atom is -0.481 e. The molecule has 6 amide bonds. The lowest BCUT2D eigenvalue weighted by molar-refractivity contribution is -0.141. The summed E-state index contributed by atoms with van der Waals surface area (Å²) in [5, 5.41) is 63.3. The summed E-state index contributed by atoms with van der Waals surface area (Å²) in [5.74, 6) is -11.1. The van der Waals surface area contributed by atoms with E-state index >= 15 is 0 Å². The van der Waals surface area contributed by atoms with Crippen molar-refractivity contribution < 1.29 is 78.3 Å². The third kappa shape index (κ3) is 23.8. The van der Waals surface area contributed by atoms with Gasteiger partial charge in [0.2, 0.25) is 11.8 Å². The molecule has 418 valence electrons. The predicted octanol–water partition coefficient (Wildman–Crippen LogP) is 4.38. The molecule has 25 heteroatoms. The molecular formula is C53H64N7O16PS. The number of nitrogens with one attached hydrogen (secondary N) is 6. The molecule has 0 saturated heterocycles. The fourth-order valence-electron chi connectivity index (χ4n) is 7.54. The summed E-state index contributed by atoms with van der Waals surface area (Å²) >= 11 is 4.53. The van der Waals surface area contributed by atoms with E-state index in [2.05, 4.69) is 55.6 Å². The van der Waals surface area contributed by atoms with Crippen molar-refractivity contribution >= 4 is 95.2 Å². The Bertz CT molecular complexity index is 2760. The number of hydrogen-bond donors (Lipinski definition) is 11. The number of nitrogens with zero attached hydrogens (tertiary/aromatic N) is 1. The molecule has 0 bridgehead atoms. The molecule has 1 aromatic heterocycles. The number of aryl methyl sites for hydroxylation is 1. The highest BCUT2D eigenvalue weighted by atomic mass is 32.4. The van der Waals surface area contributed by atoms with E-state index in [9.17, 15) is 73.2 Å². The van der Waals surface area contributed by atoms with Gasteiger partial charge in [-0.2, -0.15) is 0 Å². The summed E-state index contributed by atoms with van der Waals surface area (Å²) in [6.45, 7) is 3.70. The molecule has 0 saturated carbocycles. The molecule has 0 aliphatic carbocycles. The number of carboxylic acids is 5. The van der Waals surface area contributed by atoms with Gasteiger partial charge in [-0.1, -0.05) is 73.3 Å². The van der Waals surface area contributed by atoms with Crippen LogP contribution in [0.5, 0.6) is 0 Å². The van der Waals surface area contributed by atoms with Crippen molar-refractivity contribution in [3.63, 3.8) is 0 Å². The average Bonchev–Trinajstić information content (AvgIpc) is 3.40. The van der Waals surface area contributed by atoms with Gasteiger partial charge < -0.3 is 57.4 Å². The lowest BCUT2D eigenvalue weighted by atomic mass is 9.91. The van der Waals surface area contributed by atoms with Gasteiger partial charge >= 0.3 is 35.9 Å². The molecule has 4 rings (SSSR count). The first-order valence-corrected chi connectivity index (χ1v) is 26.9. The quantitative estimate of drug-likeness (QED) is 0.0239. The van der Waals surface area contributed by atoms with Crippen molar-refractivity contribution in [2.24, 2.45) is 5.92 Å². The Hall–Kier alpha value is -8.24. The van der Waals surface area contributed by atoms with E-state index < -0.39 is 127 Å². The minimum absolute atomic E-state index is 0.0390. The topological polar surface area (TPSA) is 374 Å². The Labute approximate surface area is 455 Å². The van der Waals surface area contributed by atoms with Crippen LogP contribution in [0, 0.1) is 12.8 Å². The smallest absolute Gasteiger partial charge is 0.326 e. The molecule has 4 aromatic rings. The van der Waals surface area contributed by atoms with Crippen molar-refractivity contribution in [1.82, 2.24) is 36.9 Å². The summed E-state index contributed by atoms with van der Waals surface area (Å²) in [5.41, 5.74) is 2.12. The van der Waals surface area contributed by atoms with Crippen molar-refractivity contribution in [2.75, 3.05) is 12.7 Å². The van der Waals surface area contributed by atoms with Gasteiger partial charge in [0.1, 0.15) is 18.1 Å². The minimum atomic E-state index is -1.57. The van der Waals surface area contributed by atoms with Crippen molar-refractivity contribution in [3.05, 3.63) is 113 Å². The second kappa shape index (κ2) is 33.7. The number of unbranched alkanes of at least 4 members (excludes halogenated alkanes) is 1. The molecule has 0 radical (unpaired) electrons. The number of carbonyl (C=O) groups excluding carboxylic acids is 6. The number of rotatable bonds is 32. The number of urea groups is 1. The number of pyridine rings is 1. The number of amides is 6. The maximum absolute atomic E-state index is 13.7. The largest absolute Gasteiger partial charge is 0.481 e. The summed E-state index contributed by atoms with van der Waals surface area (Å²) < 4.78 is 0. The zero-order valence-corrected chi connectivity index (χ0v) is 44.6. The number of aromatic nitrogens is 1. The second-order valence-electron chi connectivity index (χ2n) is 17.8. The molecule has 1 heterocycles. The standard InChI is InChI=1S/C51H59N7O16.C2H5PS/c1-29-9-13-36(28-53-29)47(68)55-37(18-21-43(62)63)41(59)26-35(17-20-42(60)61)45(66)54-27-30-10-15-33(16-11-30)46(67)56-40(25-31-12-14-32-6-2-3-7-34(32)24-31)48(69)52-23-5-4-8-38(49(70)71)57-51(74)58-39(50(72)73)19-22-44(64)65;1-2-3-4/h2-3,6-7,9-16,24,28,35,37-40H,4-5,8,17-23,25-27H2,1H3,(H,52,69)(H,54,66)(H,55,68)(H,56,67)(H,60,61)(H,62,63)(H,64,65)(H,70,71)(H,72,73)(H2,57,58,74);2H2,1H3/t35-,37?,38?,39+,40?;/m1./s1. The van der Waals surface area contributed by atoms with E-state index in [-0.39, 0.29) is 62.7 Å². The van der Waals surface area contributed by atoms with E-state index in [1.807, 2.05) is 42.5 Å². The van der Waals surface area contributed by atoms with E-state index in [4.69, 9.17) is 5.11 Å². The first kappa shape index (κ1) is 64.0. The molecule has 78 heavy (non-hydrogen) atoms. The fourth-order valence-corrected chi connectivity index (χ4v) is 7.54. The Morgan fingerprint density at radius 2 is 1.12 bits per heavy atom. The van der Waals surface area contributed by atoms with Crippen LogP contribution in [0.25, 0.3) is 10.8 Å². The monoisotopic (exact) mass is 1120 g/mol. The van der Waals surface area contributed by atoms with Gasteiger partial charge in [0.25, 0.3) is 11.8 Å². The van der Waals surface area contributed by atoms with Crippen molar-refractivity contribution in [1.29, 1.82) is 0 Å². The number of carboxylic acid groups (broad SMARTS) is 5.